The van der Waals surface area contributed by atoms with E-state index in [4.69, 9.17) is 5.11 Å². The van der Waals surface area contributed by atoms with Crippen molar-refractivity contribution in [1.82, 2.24) is 4.90 Å². The Bertz CT molecular complexity index is 473. The van der Waals surface area contributed by atoms with E-state index < -0.39 is 34.8 Å². The zero-order valence-corrected chi connectivity index (χ0v) is 14.2. The minimum atomic E-state index is -2.29. The number of hydrogen-bond acceptors (Lipinski definition) is 4. The number of aliphatic imine (C=N–C) groups is 2. The Labute approximate surface area is 143 Å². The van der Waals surface area contributed by atoms with Crippen LogP contribution in [0.3, 0.4) is 0 Å². The summed E-state index contributed by atoms with van der Waals surface area (Å²) in [6.45, 7) is 4.67. The Hall–Kier alpha value is -1.70. The van der Waals surface area contributed by atoms with Gasteiger partial charge in [-0.2, -0.15) is 8.78 Å². The highest BCUT2D eigenvalue weighted by atomic mass is 35.5. The predicted octanol–water partition coefficient (Wildman–Crippen LogP) is 3.64. The maximum absolute atomic E-state index is 12.2. The van der Waals surface area contributed by atoms with Gasteiger partial charge < -0.3 is 10.0 Å². The summed E-state index contributed by atoms with van der Waals surface area (Å²) in [5.41, 5.74) is 0. The van der Waals surface area contributed by atoms with Gasteiger partial charge in [0.25, 0.3) is 0 Å². The quantitative estimate of drug-likeness (QED) is 0.281. The fraction of sp³-hybridized carbons (Fsp3) is 0.500. The Morgan fingerprint density at radius 1 is 0.917 bits per heavy atom. The van der Waals surface area contributed by atoms with E-state index >= 15 is 0 Å². The molecule has 0 saturated carbocycles. The lowest BCUT2D eigenvalue weighted by molar-refractivity contribution is 0.325. The first-order chi connectivity index (χ1) is 10.7. The first kappa shape index (κ1) is 24.6. The van der Waals surface area contributed by atoms with E-state index in [2.05, 4.69) is 35.0 Å². The SMILES string of the molecule is CCN=C=NCCCN(C)C.Cl.Oc1c(F)c(F)c(F)c(F)c1F. The summed E-state index contributed by atoms with van der Waals surface area (Å²) >= 11 is 0. The molecule has 0 amide bonds. The van der Waals surface area contributed by atoms with Crippen molar-refractivity contribution >= 4 is 18.4 Å². The molecule has 0 spiro atoms. The maximum Gasteiger partial charge on any atom is 0.206 e. The Morgan fingerprint density at radius 3 is 1.79 bits per heavy atom. The van der Waals surface area contributed by atoms with Gasteiger partial charge >= 0.3 is 0 Å². The minimum absolute atomic E-state index is 0. The summed E-state index contributed by atoms with van der Waals surface area (Å²) in [6, 6.07) is 2.64. The van der Waals surface area contributed by atoms with Crippen LogP contribution >= 0.6 is 12.4 Å². The highest BCUT2D eigenvalue weighted by Gasteiger charge is 2.24. The maximum atomic E-state index is 12.2. The fourth-order valence-corrected chi connectivity index (χ4v) is 1.23. The lowest BCUT2D eigenvalue weighted by Gasteiger charge is -2.05. The van der Waals surface area contributed by atoms with Crippen molar-refractivity contribution in [1.29, 1.82) is 0 Å². The van der Waals surface area contributed by atoms with Gasteiger partial charge in [0.05, 0.1) is 12.6 Å². The van der Waals surface area contributed by atoms with Crippen molar-refractivity contribution in [3.8, 4) is 5.75 Å². The van der Waals surface area contributed by atoms with Crippen molar-refractivity contribution in [3.05, 3.63) is 29.1 Å². The zero-order chi connectivity index (χ0) is 18.0. The molecule has 0 radical (unpaired) electrons. The van der Waals surface area contributed by atoms with Gasteiger partial charge in [-0.15, -0.1) is 12.4 Å². The molecule has 1 aromatic carbocycles. The Morgan fingerprint density at radius 2 is 1.38 bits per heavy atom. The minimum Gasteiger partial charge on any atom is -0.503 e. The second-order valence-corrected chi connectivity index (χ2v) is 4.53. The third-order valence-corrected chi connectivity index (χ3v) is 2.36. The number of aromatic hydroxyl groups is 1. The average Bonchev–Trinajstić information content (AvgIpc) is 2.53. The molecule has 24 heavy (non-hydrogen) atoms. The van der Waals surface area contributed by atoms with Gasteiger partial charge in [-0.3, -0.25) is 0 Å². The normalized spacial score (nSPS) is 9.54. The van der Waals surface area contributed by atoms with E-state index in [1.54, 1.807) is 0 Å². The van der Waals surface area contributed by atoms with Gasteiger partial charge in [0.1, 0.15) is 0 Å². The molecule has 10 heteroatoms. The molecular formula is C14H19ClF5N3O. The van der Waals surface area contributed by atoms with Crippen LogP contribution in [0.5, 0.6) is 5.75 Å². The summed E-state index contributed by atoms with van der Waals surface area (Å²) in [6.07, 6.45) is 1.08. The molecule has 1 N–H and O–H groups in total. The second-order valence-electron chi connectivity index (χ2n) is 4.53. The Balaban J connectivity index is 0. The number of hydrogen-bond donors (Lipinski definition) is 1. The van der Waals surface area contributed by atoms with Crippen molar-refractivity contribution in [2.45, 2.75) is 13.3 Å². The standard InChI is InChI=1S/C8H17N3.C6HF5O.ClH/c1-4-9-8-10-6-5-7-11(2)3;7-1-2(8)4(10)6(12)5(11)3(1)9;/h4-7H2,1-3H3;12H;1H. The van der Waals surface area contributed by atoms with Crippen LogP contribution in [0.25, 0.3) is 0 Å². The number of halogens is 6. The molecule has 0 aromatic heterocycles. The number of nitrogens with zero attached hydrogens (tertiary/aromatic N) is 3. The number of benzene rings is 1. The molecule has 1 rings (SSSR count). The van der Waals surface area contributed by atoms with E-state index in [0.29, 0.717) is 0 Å². The van der Waals surface area contributed by atoms with Crippen LogP contribution in [0.4, 0.5) is 22.0 Å². The Kier molecular flexibility index (Phi) is 13.0. The second kappa shape index (κ2) is 12.7. The van der Waals surface area contributed by atoms with Crippen LogP contribution in [-0.2, 0) is 0 Å². The van der Waals surface area contributed by atoms with Crippen LogP contribution in [0.1, 0.15) is 13.3 Å². The van der Waals surface area contributed by atoms with Crippen LogP contribution in [0.15, 0.2) is 9.98 Å². The molecule has 1 aromatic rings. The van der Waals surface area contributed by atoms with Crippen molar-refractivity contribution < 1.29 is 27.1 Å². The van der Waals surface area contributed by atoms with E-state index in [1.807, 2.05) is 6.92 Å². The molecule has 0 atom stereocenters. The van der Waals surface area contributed by atoms with Crippen molar-refractivity contribution in [2.75, 3.05) is 33.7 Å². The van der Waals surface area contributed by atoms with Gasteiger partial charge in [-0.1, -0.05) is 0 Å². The highest BCUT2D eigenvalue weighted by molar-refractivity contribution is 5.85. The predicted molar refractivity (Wildman–Crippen MR) is 83.6 cm³/mol. The number of rotatable bonds is 5. The third kappa shape index (κ3) is 8.24. The lowest BCUT2D eigenvalue weighted by Crippen LogP contribution is -2.13. The molecule has 0 unspecified atom stereocenters. The van der Waals surface area contributed by atoms with Gasteiger partial charge in [-0.05, 0) is 34.0 Å². The summed E-state index contributed by atoms with van der Waals surface area (Å²) in [7, 11) is 4.12. The molecule has 138 valence electrons. The molecule has 0 fully saturated rings. The molecule has 0 saturated heterocycles. The topological polar surface area (TPSA) is 48.2 Å². The van der Waals surface area contributed by atoms with Gasteiger partial charge in [0, 0.05) is 6.54 Å². The van der Waals surface area contributed by atoms with E-state index in [1.165, 1.54) is 0 Å². The molecule has 0 aliphatic heterocycles. The summed E-state index contributed by atoms with van der Waals surface area (Å²) < 4.78 is 60.6. The van der Waals surface area contributed by atoms with Gasteiger partial charge in [0.2, 0.25) is 29.1 Å². The van der Waals surface area contributed by atoms with Crippen LogP contribution < -0.4 is 0 Å². The third-order valence-electron chi connectivity index (χ3n) is 2.36. The summed E-state index contributed by atoms with van der Waals surface area (Å²) in [5, 5.41) is 8.30. The smallest absolute Gasteiger partial charge is 0.206 e. The molecule has 0 bridgehead atoms. The molecule has 0 aliphatic rings. The number of phenolic OH excluding ortho intramolecular Hbond substituents is 1. The molecule has 0 heterocycles. The van der Waals surface area contributed by atoms with E-state index in [9.17, 15) is 22.0 Å². The first-order valence-corrected chi connectivity index (χ1v) is 6.67. The van der Waals surface area contributed by atoms with E-state index in [-0.39, 0.29) is 12.4 Å². The summed E-state index contributed by atoms with van der Waals surface area (Å²) in [4.78, 5) is 9.99. The largest absolute Gasteiger partial charge is 0.503 e. The van der Waals surface area contributed by atoms with Crippen molar-refractivity contribution in [3.63, 3.8) is 0 Å². The lowest BCUT2D eigenvalue weighted by atomic mass is 10.3. The van der Waals surface area contributed by atoms with Crippen LogP contribution in [0.2, 0.25) is 0 Å². The monoisotopic (exact) mass is 375 g/mol. The van der Waals surface area contributed by atoms with Gasteiger partial charge in [-0.25, -0.2) is 23.2 Å². The average molecular weight is 376 g/mol. The fourth-order valence-electron chi connectivity index (χ4n) is 1.23. The summed E-state index contributed by atoms with van der Waals surface area (Å²) in [5.74, 6) is -12.9. The zero-order valence-electron chi connectivity index (χ0n) is 13.4. The molecule has 0 aliphatic carbocycles. The van der Waals surface area contributed by atoms with Gasteiger partial charge in [0.15, 0.2) is 5.75 Å². The number of phenols is 1. The van der Waals surface area contributed by atoms with Crippen molar-refractivity contribution in [2.24, 2.45) is 9.98 Å². The molecular weight excluding hydrogens is 357 g/mol. The highest BCUT2D eigenvalue weighted by Crippen LogP contribution is 2.27. The first-order valence-electron chi connectivity index (χ1n) is 6.67. The molecule has 4 nitrogen and oxygen atoms in total. The van der Waals surface area contributed by atoms with Crippen LogP contribution in [0, 0.1) is 29.1 Å². The van der Waals surface area contributed by atoms with E-state index in [0.717, 1.165) is 26.1 Å². The van der Waals surface area contributed by atoms with Crippen LogP contribution in [-0.4, -0.2) is 49.7 Å².